The first-order valence-electron chi connectivity index (χ1n) is 5.65. The predicted octanol–water partition coefficient (Wildman–Crippen LogP) is 1.78. The molecule has 0 spiro atoms. The van der Waals surface area contributed by atoms with Gasteiger partial charge in [0, 0.05) is 18.5 Å². The smallest absolute Gasteiger partial charge is 0.0802 e. The van der Waals surface area contributed by atoms with Gasteiger partial charge in [-0.3, -0.25) is 0 Å². The van der Waals surface area contributed by atoms with E-state index in [2.05, 4.69) is 11.8 Å². The third kappa shape index (κ3) is 2.09. The molecule has 2 nitrogen and oxygen atoms in total. The SMILES string of the molecule is CC1CCCN(CC2(C(N)=S)CC2)C1. The van der Waals surface area contributed by atoms with Crippen LogP contribution in [0.3, 0.4) is 0 Å². The third-order valence-corrected chi connectivity index (χ3v) is 4.08. The lowest BCUT2D eigenvalue weighted by Crippen LogP contribution is -2.41. The summed E-state index contributed by atoms with van der Waals surface area (Å²) in [7, 11) is 0. The Morgan fingerprint density at radius 3 is 2.79 bits per heavy atom. The molecule has 1 saturated heterocycles. The van der Waals surface area contributed by atoms with Crippen LogP contribution in [0.15, 0.2) is 0 Å². The number of rotatable bonds is 3. The summed E-state index contributed by atoms with van der Waals surface area (Å²) in [4.78, 5) is 3.30. The van der Waals surface area contributed by atoms with Crippen LogP contribution < -0.4 is 5.73 Å². The van der Waals surface area contributed by atoms with Crippen LogP contribution in [0.2, 0.25) is 0 Å². The molecule has 2 rings (SSSR count). The molecule has 2 aliphatic rings. The lowest BCUT2D eigenvalue weighted by Gasteiger charge is -2.33. The van der Waals surface area contributed by atoms with Gasteiger partial charge in [0.1, 0.15) is 0 Å². The Kier molecular flexibility index (Phi) is 2.80. The van der Waals surface area contributed by atoms with Crippen molar-refractivity contribution < 1.29 is 0 Å². The summed E-state index contributed by atoms with van der Waals surface area (Å²) >= 11 is 5.14. The molecule has 1 aliphatic carbocycles. The molecular weight excluding hydrogens is 192 g/mol. The molecule has 1 heterocycles. The summed E-state index contributed by atoms with van der Waals surface area (Å²) in [6.45, 7) is 5.94. The molecule has 1 unspecified atom stereocenters. The Labute approximate surface area is 91.8 Å². The second-order valence-electron chi connectivity index (χ2n) is 5.13. The van der Waals surface area contributed by atoms with Crippen molar-refractivity contribution in [2.24, 2.45) is 17.1 Å². The lowest BCUT2D eigenvalue weighted by molar-refractivity contribution is 0.168. The van der Waals surface area contributed by atoms with E-state index in [0.717, 1.165) is 17.5 Å². The molecule has 14 heavy (non-hydrogen) atoms. The molecule has 0 aromatic rings. The monoisotopic (exact) mass is 212 g/mol. The van der Waals surface area contributed by atoms with Crippen LogP contribution in [0.5, 0.6) is 0 Å². The molecule has 1 atom stereocenters. The maximum absolute atomic E-state index is 5.79. The zero-order chi connectivity index (χ0) is 10.2. The Morgan fingerprint density at radius 1 is 1.57 bits per heavy atom. The van der Waals surface area contributed by atoms with Gasteiger partial charge in [0.25, 0.3) is 0 Å². The average Bonchev–Trinajstić information content (AvgIpc) is 2.85. The summed E-state index contributed by atoms with van der Waals surface area (Å²) in [5.74, 6) is 0.853. The fraction of sp³-hybridized carbons (Fsp3) is 0.909. The van der Waals surface area contributed by atoms with Crippen molar-refractivity contribution in [2.75, 3.05) is 19.6 Å². The Bertz CT molecular complexity index is 235. The highest BCUT2D eigenvalue weighted by Crippen LogP contribution is 2.46. The van der Waals surface area contributed by atoms with E-state index in [9.17, 15) is 0 Å². The van der Waals surface area contributed by atoms with E-state index in [4.69, 9.17) is 18.0 Å². The largest absolute Gasteiger partial charge is 0.393 e. The summed E-state index contributed by atoms with van der Waals surface area (Å²) < 4.78 is 0. The predicted molar refractivity (Wildman–Crippen MR) is 63.3 cm³/mol. The standard InChI is InChI=1S/C11H20N2S/c1-9-3-2-6-13(7-9)8-11(4-5-11)10(12)14/h9H,2-8H2,1H3,(H2,12,14). The van der Waals surface area contributed by atoms with E-state index in [1.54, 1.807) is 0 Å². The highest BCUT2D eigenvalue weighted by molar-refractivity contribution is 7.80. The van der Waals surface area contributed by atoms with Gasteiger partial charge in [0.2, 0.25) is 0 Å². The summed E-state index contributed by atoms with van der Waals surface area (Å²) in [5.41, 5.74) is 6.02. The van der Waals surface area contributed by atoms with Gasteiger partial charge in [-0.1, -0.05) is 19.1 Å². The van der Waals surface area contributed by atoms with Gasteiger partial charge >= 0.3 is 0 Å². The summed E-state index contributed by atoms with van der Waals surface area (Å²) in [5, 5.41) is 0. The number of nitrogens with zero attached hydrogens (tertiary/aromatic N) is 1. The number of likely N-dealkylation sites (tertiary alicyclic amines) is 1. The van der Waals surface area contributed by atoms with Crippen LogP contribution in [-0.2, 0) is 0 Å². The number of hydrogen-bond donors (Lipinski definition) is 1. The maximum Gasteiger partial charge on any atom is 0.0802 e. The van der Waals surface area contributed by atoms with Crippen molar-refractivity contribution in [3.63, 3.8) is 0 Å². The van der Waals surface area contributed by atoms with E-state index in [1.807, 2.05) is 0 Å². The highest BCUT2D eigenvalue weighted by atomic mass is 32.1. The molecule has 2 N–H and O–H groups in total. The Hall–Kier alpha value is -0.150. The van der Waals surface area contributed by atoms with Crippen molar-refractivity contribution in [3.8, 4) is 0 Å². The first-order chi connectivity index (χ1) is 6.62. The van der Waals surface area contributed by atoms with Crippen LogP contribution in [0, 0.1) is 11.3 Å². The van der Waals surface area contributed by atoms with Gasteiger partial charge in [-0.2, -0.15) is 0 Å². The molecule has 0 radical (unpaired) electrons. The quantitative estimate of drug-likeness (QED) is 0.723. The molecule has 80 valence electrons. The minimum Gasteiger partial charge on any atom is -0.393 e. The maximum atomic E-state index is 5.79. The third-order valence-electron chi connectivity index (χ3n) is 3.64. The molecule has 1 saturated carbocycles. The zero-order valence-corrected chi connectivity index (χ0v) is 9.78. The second kappa shape index (κ2) is 3.78. The van der Waals surface area contributed by atoms with E-state index >= 15 is 0 Å². The van der Waals surface area contributed by atoms with Crippen molar-refractivity contribution in [3.05, 3.63) is 0 Å². The molecule has 0 amide bonds. The molecule has 1 aliphatic heterocycles. The lowest BCUT2D eigenvalue weighted by atomic mass is 9.98. The summed E-state index contributed by atoms with van der Waals surface area (Å²) in [6, 6.07) is 0. The molecule has 0 aromatic carbocycles. The van der Waals surface area contributed by atoms with Crippen LogP contribution in [0.4, 0.5) is 0 Å². The van der Waals surface area contributed by atoms with Gasteiger partial charge in [0.05, 0.1) is 4.99 Å². The van der Waals surface area contributed by atoms with E-state index in [1.165, 1.54) is 38.8 Å². The topological polar surface area (TPSA) is 29.3 Å². The number of nitrogens with two attached hydrogens (primary N) is 1. The second-order valence-corrected chi connectivity index (χ2v) is 5.57. The first kappa shape index (κ1) is 10.4. The molecule has 0 aromatic heterocycles. The van der Waals surface area contributed by atoms with Crippen molar-refractivity contribution in [1.82, 2.24) is 4.90 Å². The Balaban J connectivity index is 1.88. The normalized spacial score (nSPS) is 31.4. The fourth-order valence-corrected chi connectivity index (χ4v) is 2.76. The van der Waals surface area contributed by atoms with Crippen molar-refractivity contribution in [1.29, 1.82) is 0 Å². The molecular formula is C11H20N2S. The van der Waals surface area contributed by atoms with Crippen LogP contribution >= 0.6 is 12.2 Å². The number of piperidine rings is 1. The fourth-order valence-electron chi connectivity index (χ4n) is 2.49. The van der Waals surface area contributed by atoms with Crippen molar-refractivity contribution in [2.45, 2.75) is 32.6 Å². The first-order valence-corrected chi connectivity index (χ1v) is 6.05. The van der Waals surface area contributed by atoms with E-state index < -0.39 is 0 Å². The van der Waals surface area contributed by atoms with Crippen LogP contribution in [-0.4, -0.2) is 29.5 Å². The van der Waals surface area contributed by atoms with Gasteiger partial charge < -0.3 is 10.6 Å². The van der Waals surface area contributed by atoms with Crippen LogP contribution in [0.1, 0.15) is 32.6 Å². The number of hydrogen-bond acceptors (Lipinski definition) is 2. The zero-order valence-electron chi connectivity index (χ0n) is 8.96. The molecule has 0 bridgehead atoms. The highest BCUT2D eigenvalue weighted by Gasteiger charge is 2.46. The van der Waals surface area contributed by atoms with E-state index in [-0.39, 0.29) is 5.41 Å². The average molecular weight is 212 g/mol. The van der Waals surface area contributed by atoms with E-state index in [0.29, 0.717) is 0 Å². The minimum atomic E-state index is 0.229. The Morgan fingerprint density at radius 2 is 2.29 bits per heavy atom. The van der Waals surface area contributed by atoms with Crippen molar-refractivity contribution >= 4 is 17.2 Å². The van der Waals surface area contributed by atoms with Gasteiger partial charge in [0.15, 0.2) is 0 Å². The van der Waals surface area contributed by atoms with Gasteiger partial charge in [-0.15, -0.1) is 0 Å². The minimum absolute atomic E-state index is 0.229. The van der Waals surface area contributed by atoms with Crippen LogP contribution in [0.25, 0.3) is 0 Å². The summed E-state index contributed by atoms with van der Waals surface area (Å²) in [6.07, 6.45) is 5.16. The van der Waals surface area contributed by atoms with Gasteiger partial charge in [-0.05, 0) is 38.1 Å². The molecule has 2 fully saturated rings. The van der Waals surface area contributed by atoms with Gasteiger partial charge in [-0.25, -0.2) is 0 Å². The number of thiocarbonyl (C=S) groups is 1. The molecule has 3 heteroatoms.